The van der Waals surface area contributed by atoms with Crippen LogP contribution in [0.4, 0.5) is 0 Å². The third kappa shape index (κ3) is 3.06. The lowest BCUT2D eigenvalue weighted by Crippen LogP contribution is -2.55. The van der Waals surface area contributed by atoms with Crippen LogP contribution < -0.4 is 5.32 Å². The van der Waals surface area contributed by atoms with Gasteiger partial charge in [0.25, 0.3) is 0 Å². The number of amides is 1. The molecule has 3 N–H and O–H groups in total. The Kier molecular flexibility index (Phi) is 4.43. The first-order chi connectivity index (χ1) is 15.6. The van der Waals surface area contributed by atoms with E-state index in [0.717, 1.165) is 49.4 Å². The minimum absolute atomic E-state index is 0.0862. The largest absolute Gasteiger partial charge is 0.357 e. The van der Waals surface area contributed by atoms with Crippen molar-refractivity contribution in [2.75, 3.05) is 13.1 Å². The maximum atomic E-state index is 12.0. The molecular weight excluding hydrogens is 398 g/mol. The van der Waals surface area contributed by atoms with Crippen LogP contribution in [-0.4, -0.2) is 38.8 Å². The van der Waals surface area contributed by atoms with E-state index in [-0.39, 0.29) is 17.5 Å². The molecular formula is C26H27N5O. The van der Waals surface area contributed by atoms with Crippen molar-refractivity contribution in [1.82, 2.24) is 25.2 Å². The predicted octanol–water partition coefficient (Wildman–Crippen LogP) is 4.28. The first kappa shape index (κ1) is 19.3. The van der Waals surface area contributed by atoms with Crippen LogP contribution in [0.5, 0.6) is 0 Å². The monoisotopic (exact) mass is 425 g/mol. The van der Waals surface area contributed by atoms with Crippen LogP contribution >= 0.6 is 0 Å². The van der Waals surface area contributed by atoms with E-state index in [1.165, 1.54) is 22.2 Å². The SMILES string of the molecule is CC(=O)N1CCC2(CC1)N[C@@H](c1ncc(-c3ccccc3)[nH]1)Cc1c2[nH]c2ccccc12. The third-order valence-corrected chi connectivity index (χ3v) is 7.22. The molecule has 0 unspecified atom stereocenters. The van der Waals surface area contributed by atoms with Gasteiger partial charge in [0.1, 0.15) is 5.82 Å². The maximum absolute atomic E-state index is 12.0. The van der Waals surface area contributed by atoms with E-state index < -0.39 is 0 Å². The van der Waals surface area contributed by atoms with Crippen molar-refractivity contribution in [3.63, 3.8) is 0 Å². The second kappa shape index (κ2) is 7.35. The molecule has 2 aliphatic rings. The molecule has 2 aromatic heterocycles. The number of fused-ring (bicyclic) bond motifs is 4. The van der Waals surface area contributed by atoms with Gasteiger partial charge in [0.2, 0.25) is 5.91 Å². The number of aromatic amines is 2. The van der Waals surface area contributed by atoms with Crippen LogP contribution in [0.15, 0.2) is 60.8 Å². The summed E-state index contributed by atoms with van der Waals surface area (Å²) in [4.78, 5) is 26.0. The Hall–Kier alpha value is -3.38. The summed E-state index contributed by atoms with van der Waals surface area (Å²) in [6.45, 7) is 3.19. The lowest BCUT2D eigenvalue weighted by atomic mass is 9.77. The second-order valence-electron chi connectivity index (χ2n) is 9.06. The molecule has 2 aliphatic heterocycles. The zero-order valence-electron chi connectivity index (χ0n) is 18.2. The molecule has 0 radical (unpaired) electrons. The highest BCUT2D eigenvalue weighted by atomic mass is 16.2. The average molecular weight is 426 g/mol. The molecule has 162 valence electrons. The van der Waals surface area contributed by atoms with Gasteiger partial charge in [-0.25, -0.2) is 4.98 Å². The van der Waals surface area contributed by atoms with Crippen molar-refractivity contribution in [1.29, 1.82) is 0 Å². The van der Waals surface area contributed by atoms with Gasteiger partial charge in [-0.1, -0.05) is 48.5 Å². The van der Waals surface area contributed by atoms with Crippen molar-refractivity contribution < 1.29 is 4.79 Å². The molecule has 0 bridgehead atoms. The Bertz CT molecular complexity index is 1280. The van der Waals surface area contributed by atoms with E-state index in [9.17, 15) is 4.79 Å². The summed E-state index contributed by atoms with van der Waals surface area (Å²) >= 11 is 0. The Morgan fingerprint density at radius 3 is 2.56 bits per heavy atom. The Balaban J connectivity index is 1.41. The highest BCUT2D eigenvalue weighted by Gasteiger charge is 2.45. The fourth-order valence-electron chi connectivity index (χ4n) is 5.52. The number of piperidine rings is 1. The zero-order valence-corrected chi connectivity index (χ0v) is 18.2. The molecule has 6 nitrogen and oxygen atoms in total. The van der Waals surface area contributed by atoms with Gasteiger partial charge in [-0.3, -0.25) is 10.1 Å². The highest BCUT2D eigenvalue weighted by Crippen LogP contribution is 2.44. The molecule has 1 saturated heterocycles. The molecule has 1 atom stereocenters. The molecule has 32 heavy (non-hydrogen) atoms. The molecule has 1 fully saturated rings. The summed E-state index contributed by atoms with van der Waals surface area (Å²) < 4.78 is 0. The number of H-pyrrole nitrogens is 2. The number of hydrogen-bond acceptors (Lipinski definition) is 3. The minimum atomic E-state index is -0.192. The number of nitrogens with one attached hydrogen (secondary N) is 3. The smallest absolute Gasteiger partial charge is 0.219 e. The van der Waals surface area contributed by atoms with E-state index in [1.54, 1.807) is 6.92 Å². The standard InChI is InChI=1S/C26H27N5O/c1-17(32)31-13-11-26(12-14-31)24-20(19-9-5-6-10-21(19)28-24)15-22(30-26)25-27-16-23(29-25)18-7-3-2-4-8-18/h2-10,16,22,28,30H,11-15H2,1H3,(H,27,29)/t22-/m1/s1. The number of para-hydroxylation sites is 1. The van der Waals surface area contributed by atoms with Gasteiger partial charge in [-0.05, 0) is 36.5 Å². The summed E-state index contributed by atoms with van der Waals surface area (Å²) in [7, 11) is 0. The topological polar surface area (TPSA) is 76.8 Å². The van der Waals surface area contributed by atoms with E-state index >= 15 is 0 Å². The number of carbonyl (C=O) groups is 1. The van der Waals surface area contributed by atoms with Crippen molar-refractivity contribution in [3.8, 4) is 11.3 Å². The summed E-state index contributed by atoms with van der Waals surface area (Å²) in [6, 6.07) is 19.0. The second-order valence-corrected chi connectivity index (χ2v) is 9.06. The van der Waals surface area contributed by atoms with Gasteiger partial charge in [0.05, 0.1) is 23.5 Å². The van der Waals surface area contributed by atoms with Gasteiger partial charge >= 0.3 is 0 Å². The first-order valence-corrected chi connectivity index (χ1v) is 11.4. The van der Waals surface area contributed by atoms with Crippen LogP contribution in [-0.2, 0) is 16.8 Å². The van der Waals surface area contributed by atoms with Crippen molar-refractivity contribution in [2.45, 2.75) is 37.8 Å². The van der Waals surface area contributed by atoms with Crippen molar-refractivity contribution in [3.05, 3.63) is 77.9 Å². The Morgan fingerprint density at radius 2 is 1.78 bits per heavy atom. The lowest BCUT2D eigenvalue weighted by Gasteiger charge is -2.46. The van der Waals surface area contributed by atoms with Gasteiger partial charge in [0.15, 0.2) is 0 Å². The number of carbonyl (C=O) groups excluding carboxylic acids is 1. The van der Waals surface area contributed by atoms with Gasteiger partial charge in [0, 0.05) is 36.6 Å². The van der Waals surface area contributed by atoms with E-state index in [2.05, 4.69) is 51.7 Å². The number of imidazole rings is 1. The summed E-state index contributed by atoms with van der Waals surface area (Å²) in [5.41, 5.74) is 5.82. The summed E-state index contributed by atoms with van der Waals surface area (Å²) in [5, 5.41) is 5.25. The normalized spacial score (nSPS) is 19.9. The summed E-state index contributed by atoms with van der Waals surface area (Å²) in [5.74, 6) is 1.12. The van der Waals surface area contributed by atoms with Crippen LogP contribution in [0.2, 0.25) is 0 Å². The predicted molar refractivity (Wildman–Crippen MR) is 125 cm³/mol. The van der Waals surface area contributed by atoms with Gasteiger partial charge < -0.3 is 14.9 Å². The molecule has 1 spiro atoms. The fraction of sp³-hybridized carbons (Fsp3) is 0.308. The minimum Gasteiger partial charge on any atom is -0.357 e. The molecule has 2 aromatic carbocycles. The molecule has 1 amide bonds. The number of benzene rings is 2. The average Bonchev–Trinajstić information content (AvgIpc) is 3.46. The first-order valence-electron chi connectivity index (χ1n) is 11.4. The van der Waals surface area contributed by atoms with Crippen LogP contribution in [0.3, 0.4) is 0 Å². The Labute approximate surface area is 187 Å². The highest BCUT2D eigenvalue weighted by molar-refractivity contribution is 5.85. The summed E-state index contributed by atoms with van der Waals surface area (Å²) in [6.07, 6.45) is 4.58. The number of likely N-dealkylation sites (tertiary alicyclic amines) is 1. The fourth-order valence-corrected chi connectivity index (χ4v) is 5.52. The van der Waals surface area contributed by atoms with E-state index in [0.29, 0.717) is 0 Å². The third-order valence-electron chi connectivity index (χ3n) is 7.22. The molecule has 0 aliphatic carbocycles. The van der Waals surface area contributed by atoms with Crippen molar-refractivity contribution >= 4 is 16.8 Å². The lowest BCUT2D eigenvalue weighted by molar-refractivity contribution is -0.130. The molecule has 4 heterocycles. The number of nitrogens with zero attached hydrogens (tertiary/aromatic N) is 2. The van der Waals surface area contributed by atoms with Crippen LogP contribution in [0, 0.1) is 0 Å². The van der Waals surface area contributed by atoms with Crippen LogP contribution in [0.25, 0.3) is 22.2 Å². The number of hydrogen-bond donors (Lipinski definition) is 3. The van der Waals surface area contributed by atoms with E-state index in [4.69, 9.17) is 4.98 Å². The number of rotatable bonds is 2. The number of aromatic nitrogens is 3. The Morgan fingerprint density at radius 1 is 1.03 bits per heavy atom. The van der Waals surface area contributed by atoms with E-state index in [1.807, 2.05) is 29.3 Å². The maximum Gasteiger partial charge on any atom is 0.219 e. The van der Waals surface area contributed by atoms with Crippen LogP contribution in [0.1, 0.15) is 42.9 Å². The molecule has 4 aromatic rings. The van der Waals surface area contributed by atoms with Crippen molar-refractivity contribution in [2.24, 2.45) is 0 Å². The van der Waals surface area contributed by atoms with Gasteiger partial charge in [-0.15, -0.1) is 0 Å². The molecule has 6 rings (SSSR count). The zero-order chi connectivity index (χ0) is 21.7. The molecule has 0 saturated carbocycles. The van der Waals surface area contributed by atoms with Gasteiger partial charge in [-0.2, -0.15) is 0 Å². The quantitative estimate of drug-likeness (QED) is 0.449. The molecule has 6 heteroatoms.